The Labute approximate surface area is 163 Å². The first kappa shape index (κ1) is 18.0. The van der Waals surface area contributed by atoms with Crippen LogP contribution < -0.4 is 11.1 Å². The molecule has 0 bridgehead atoms. The molecule has 140 valence electrons. The van der Waals surface area contributed by atoms with Crippen LogP contribution in [0.25, 0.3) is 17.0 Å². The summed E-state index contributed by atoms with van der Waals surface area (Å²) in [5.74, 6) is -1.06. The number of para-hydroxylation sites is 1. The van der Waals surface area contributed by atoms with Crippen molar-refractivity contribution in [3.63, 3.8) is 0 Å². The molecule has 2 amide bonds. The first-order chi connectivity index (χ1) is 13.5. The molecule has 1 aliphatic heterocycles. The van der Waals surface area contributed by atoms with Gasteiger partial charge in [-0.15, -0.1) is 0 Å². The highest BCUT2D eigenvalue weighted by atomic mass is 32.2. The van der Waals surface area contributed by atoms with Gasteiger partial charge in [0.15, 0.2) is 5.17 Å². The second-order valence-electron chi connectivity index (χ2n) is 6.15. The van der Waals surface area contributed by atoms with Gasteiger partial charge >= 0.3 is 0 Å². The molecule has 0 unspecified atom stereocenters. The Morgan fingerprint density at radius 1 is 1.21 bits per heavy atom. The van der Waals surface area contributed by atoms with E-state index in [0.29, 0.717) is 15.8 Å². The van der Waals surface area contributed by atoms with E-state index in [4.69, 9.17) is 5.73 Å². The van der Waals surface area contributed by atoms with Crippen molar-refractivity contribution in [2.24, 2.45) is 10.7 Å². The number of aromatic nitrogens is 1. The highest BCUT2D eigenvalue weighted by molar-refractivity contribution is 8.18. The molecule has 0 atom stereocenters. The molecular formula is C20H15FN4O2S. The van der Waals surface area contributed by atoms with Crippen molar-refractivity contribution in [2.45, 2.75) is 6.54 Å². The number of carbonyl (C=O) groups excluding carboxylic acids is 2. The number of amidine groups is 1. The smallest absolute Gasteiger partial charge is 0.264 e. The Hall–Kier alpha value is -3.39. The number of primary amides is 1. The van der Waals surface area contributed by atoms with E-state index in [0.717, 1.165) is 16.5 Å². The normalized spacial score (nSPS) is 16.8. The maximum absolute atomic E-state index is 13.0. The molecule has 0 spiro atoms. The molecule has 0 saturated carbocycles. The van der Waals surface area contributed by atoms with Gasteiger partial charge in [-0.1, -0.05) is 18.2 Å². The number of thioether (sulfide) groups is 1. The second-order valence-corrected chi connectivity index (χ2v) is 7.18. The highest BCUT2D eigenvalue weighted by Gasteiger charge is 2.24. The third-order valence-corrected chi connectivity index (χ3v) is 5.05. The lowest BCUT2D eigenvalue weighted by atomic mass is 10.1. The van der Waals surface area contributed by atoms with Crippen LogP contribution in [0.4, 0.5) is 10.1 Å². The van der Waals surface area contributed by atoms with Crippen LogP contribution in [0.15, 0.2) is 64.6 Å². The zero-order chi connectivity index (χ0) is 19.7. The number of hydrogen-bond donors (Lipinski definition) is 2. The summed E-state index contributed by atoms with van der Waals surface area (Å²) < 4.78 is 14.8. The van der Waals surface area contributed by atoms with E-state index < -0.39 is 5.91 Å². The van der Waals surface area contributed by atoms with Crippen LogP contribution in [-0.2, 0) is 16.1 Å². The number of fused-ring (bicyclic) bond motifs is 1. The van der Waals surface area contributed by atoms with Crippen LogP contribution in [0.5, 0.6) is 0 Å². The van der Waals surface area contributed by atoms with Crippen LogP contribution in [-0.4, -0.2) is 21.5 Å². The number of aliphatic imine (C=N–C) groups is 1. The lowest BCUT2D eigenvalue weighted by molar-refractivity contribution is -0.118. The maximum Gasteiger partial charge on any atom is 0.264 e. The second kappa shape index (κ2) is 7.32. The van der Waals surface area contributed by atoms with Crippen LogP contribution in [0.1, 0.15) is 5.56 Å². The summed E-state index contributed by atoms with van der Waals surface area (Å²) in [6.07, 6.45) is 3.55. The van der Waals surface area contributed by atoms with Crippen molar-refractivity contribution in [3.8, 4) is 0 Å². The predicted octanol–water partition coefficient (Wildman–Crippen LogP) is 3.16. The average molecular weight is 394 g/mol. The molecule has 1 aliphatic rings. The molecule has 0 radical (unpaired) electrons. The fraction of sp³-hybridized carbons (Fsp3) is 0.0500. The molecular weight excluding hydrogens is 379 g/mol. The van der Waals surface area contributed by atoms with Gasteiger partial charge in [-0.2, -0.15) is 0 Å². The minimum atomic E-state index is -0.443. The molecule has 28 heavy (non-hydrogen) atoms. The zero-order valence-corrected chi connectivity index (χ0v) is 15.4. The number of rotatable bonds is 4. The summed E-state index contributed by atoms with van der Waals surface area (Å²) in [6, 6.07) is 13.3. The Morgan fingerprint density at radius 2 is 1.96 bits per heavy atom. The van der Waals surface area contributed by atoms with E-state index in [2.05, 4.69) is 10.3 Å². The Morgan fingerprint density at radius 3 is 2.71 bits per heavy atom. The lowest BCUT2D eigenvalue weighted by Gasteiger charge is -2.00. The third kappa shape index (κ3) is 3.67. The molecule has 2 aromatic carbocycles. The Balaban J connectivity index is 1.67. The monoisotopic (exact) mass is 394 g/mol. The van der Waals surface area contributed by atoms with Crippen LogP contribution in [0.3, 0.4) is 0 Å². The van der Waals surface area contributed by atoms with Gasteiger partial charge < -0.3 is 15.6 Å². The first-order valence-corrected chi connectivity index (χ1v) is 9.22. The molecule has 2 heterocycles. The number of halogens is 1. The van der Waals surface area contributed by atoms with E-state index in [1.165, 1.54) is 36.0 Å². The maximum atomic E-state index is 13.0. The van der Waals surface area contributed by atoms with Crippen molar-refractivity contribution < 1.29 is 14.0 Å². The molecule has 3 N–H and O–H groups in total. The molecule has 1 saturated heterocycles. The number of benzene rings is 2. The van der Waals surface area contributed by atoms with Crippen molar-refractivity contribution in [1.82, 2.24) is 9.88 Å². The summed E-state index contributed by atoms with van der Waals surface area (Å²) in [4.78, 5) is 28.5. The number of hydrogen-bond acceptors (Lipinski definition) is 4. The summed E-state index contributed by atoms with van der Waals surface area (Å²) in [7, 11) is 0. The van der Waals surface area contributed by atoms with Gasteiger partial charge in [0.2, 0.25) is 5.91 Å². The summed E-state index contributed by atoms with van der Waals surface area (Å²) in [6.45, 7) is 0.0559. The quantitative estimate of drug-likeness (QED) is 0.666. The predicted molar refractivity (Wildman–Crippen MR) is 108 cm³/mol. The molecule has 6 nitrogen and oxygen atoms in total. The largest absolute Gasteiger partial charge is 0.368 e. The molecule has 1 aromatic heterocycles. The van der Waals surface area contributed by atoms with E-state index in [1.54, 1.807) is 16.8 Å². The Kier molecular flexibility index (Phi) is 4.70. The number of nitrogens with two attached hydrogens (primary N) is 1. The number of carbonyl (C=O) groups is 2. The molecule has 1 fully saturated rings. The zero-order valence-electron chi connectivity index (χ0n) is 14.6. The van der Waals surface area contributed by atoms with Crippen LogP contribution >= 0.6 is 11.8 Å². The third-order valence-electron chi connectivity index (χ3n) is 4.14. The van der Waals surface area contributed by atoms with Gasteiger partial charge in [-0.3, -0.25) is 9.59 Å². The van der Waals surface area contributed by atoms with Gasteiger partial charge in [-0.05, 0) is 48.2 Å². The fourth-order valence-corrected chi connectivity index (χ4v) is 3.78. The standard InChI is InChI=1S/C20H15FN4O2S/c21-13-5-7-14(8-6-13)23-20-24-19(27)17(28-20)9-12-10-25(11-18(22)26)16-4-2-1-3-15(12)16/h1-10H,11H2,(H2,22,26)(H,23,24,27). The van der Waals surface area contributed by atoms with Gasteiger partial charge in [-0.25, -0.2) is 9.38 Å². The molecule has 8 heteroatoms. The minimum absolute atomic E-state index is 0.0559. The number of amides is 2. The lowest BCUT2D eigenvalue weighted by Crippen LogP contribution is -2.19. The average Bonchev–Trinajstić information content (AvgIpc) is 3.18. The van der Waals surface area contributed by atoms with Crippen molar-refractivity contribution in [2.75, 3.05) is 0 Å². The summed E-state index contributed by atoms with van der Waals surface area (Å²) in [5.41, 5.74) is 7.53. The minimum Gasteiger partial charge on any atom is -0.368 e. The number of nitrogens with one attached hydrogen (secondary N) is 1. The Bertz CT molecular complexity index is 1150. The summed E-state index contributed by atoms with van der Waals surface area (Å²) >= 11 is 1.20. The van der Waals surface area contributed by atoms with Gasteiger partial charge in [0.25, 0.3) is 5.91 Å². The molecule has 0 aliphatic carbocycles. The SMILES string of the molecule is NC(=O)Cn1cc(C=C2SC(=Nc3ccc(F)cc3)NC2=O)c2ccccc21. The number of nitrogens with zero attached hydrogens (tertiary/aromatic N) is 2. The van der Waals surface area contributed by atoms with E-state index in [9.17, 15) is 14.0 Å². The molecule has 4 rings (SSSR count). The van der Waals surface area contributed by atoms with Gasteiger partial charge in [0.05, 0.1) is 10.6 Å². The van der Waals surface area contributed by atoms with Crippen molar-refractivity contribution >= 4 is 51.4 Å². The van der Waals surface area contributed by atoms with E-state index in [-0.39, 0.29) is 18.3 Å². The topological polar surface area (TPSA) is 89.5 Å². The van der Waals surface area contributed by atoms with Gasteiger partial charge in [0.1, 0.15) is 12.4 Å². The fourth-order valence-electron chi connectivity index (χ4n) is 2.94. The van der Waals surface area contributed by atoms with E-state index in [1.807, 2.05) is 24.3 Å². The van der Waals surface area contributed by atoms with Crippen molar-refractivity contribution in [1.29, 1.82) is 0 Å². The summed E-state index contributed by atoms with van der Waals surface area (Å²) in [5, 5.41) is 4.04. The van der Waals surface area contributed by atoms with Crippen molar-refractivity contribution in [3.05, 3.63) is 71.0 Å². The molecule has 3 aromatic rings. The highest BCUT2D eigenvalue weighted by Crippen LogP contribution is 2.31. The van der Waals surface area contributed by atoms with Gasteiger partial charge in [0, 0.05) is 22.7 Å². The first-order valence-electron chi connectivity index (χ1n) is 8.41. The van der Waals surface area contributed by atoms with Crippen LogP contribution in [0.2, 0.25) is 0 Å². The van der Waals surface area contributed by atoms with Crippen LogP contribution in [0, 0.1) is 5.82 Å². The van der Waals surface area contributed by atoms with E-state index >= 15 is 0 Å².